The fourth-order valence-corrected chi connectivity index (χ4v) is 3.68. The molecule has 0 aromatic rings. The lowest BCUT2D eigenvalue weighted by Gasteiger charge is -2.38. The maximum atomic E-state index is 6.01. The Balaban J connectivity index is 1.66. The monoisotopic (exact) mass is 298 g/mol. The average molecular weight is 298 g/mol. The van der Waals surface area contributed by atoms with Crippen LogP contribution in [0, 0.1) is 0 Å². The Morgan fingerprint density at radius 3 is 2.76 bits per heavy atom. The van der Waals surface area contributed by atoms with Crippen LogP contribution >= 0.6 is 0 Å². The van der Waals surface area contributed by atoms with Crippen LogP contribution in [-0.4, -0.2) is 62.0 Å². The van der Waals surface area contributed by atoms with E-state index in [2.05, 4.69) is 31.0 Å². The van der Waals surface area contributed by atoms with Crippen molar-refractivity contribution in [2.45, 2.75) is 70.6 Å². The number of hydrogen-bond donors (Lipinski definition) is 1. The summed E-state index contributed by atoms with van der Waals surface area (Å²) in [4.78, 5) is 2.51. The Morgan fingerprint density at radius 1 is 1.29 bits per heavy atom. The van der Waals surface area contributed by atoms with Crippen molar-refractivity contribution in [3.63, 3.8) is 0 Å². The number of nitrogens with zero attached hydrogens (tertiary/aromatic N) is 1. The molecule has 1 spiro atoms. The van der Waals surface area contributed by atoms with Crippen LogP contribution in [0.3, 0.4) is 0 Å². The normalized spacial score (nSPS) is 31.1. The Hall–Kier alpha value is -0.160. The first-order chi connectivity index (χ1) is 10.2. The summed E-state index contributed by atoms with van der Waals surface area (Å²) in [6.45, 7) is 12.9. The first-order valence-corrected chi connectivity index (χ1v) is 8.87. The van der Waals surface area contributed by atoms with Crippen molar-refractivity contribution in [2.75, 3.05) is 39.5 Å². The molecule has 2 aliphatic rings. The highest BCUT2D eigenvalue weighted by atomic mass is 16.6. The minimum Gasteiger partial charge on any atom is -0.378 e. The summed E-state index contributed by atoms with van der Waals surface area (Å²) in [5.41, 5.74) is 0.0247. The van der Waals surface area contributed by atoms with Crippen LogP contribution in [0.5, 0.6) is 0 Å². The molecule has 4 heteroatoms. The quantitative estimate of drug-likeness (QED) is 0.746. The SMILES string of the molecule is CCN(CC)CCCC(C)NC1CCOC2(CCOC2)C1. The second kappa shape index (κ2) is 8.47. The molecule has 2 saturated heterocycles. The van der Waals surface area contributed by atoms with Crippen LogP contribution in [0.1, 0.15) is 52.9 Å². The van der Waals surface area contributed by atoms with Gasteiger partial charge >= 0.3 is 0 Å². The third-order valence-electron chi connectivity index (χ3n) is 5.09. The zero-order valence-corrected chi connectivity index (χ0v) is 14.2. The van der Waals surface area contributed by atoms with Gasteiger partial charge in [0.15, 0.2) is 0 Å². The van der Waals surface area contributed by atoms with Gasteiger partial charge in [-0.2, -0.15) is 0 Å². The van der Waals surface area contributed by atoms with E-state index < -0.39 is 0 Å². The van der Waals surface area contributed by atoms with Crippen molar-refractivity contribution < 1.29 is 9.47 Å². The minimum atomic E-state index is 0.0247. The van der Waals surface area contributed by atoms with Crippen LogP contribution in [0.15, 0.2) is 0 Å². The van der Waals surface area contributed by atoms with Gasteiger partial charge in [-0.1, -0.05) is 13.8 Å². The first kappa shape index (κ1) is 17.2. The van der Waals surface area contributed by atoms with E-state index >= 15 is 0 Å². The standard InChI is InChI=1S/C17H34N2O2/c1-4-19(5-2)10-6-7-15(3)18-16-8-11-21-17(13-16)9-12-20-14-17/h15-16,18H,4-14H2,1-3H3. The van der Waals surface area contributed by atoms with Gasteiger partial charge in [-0.25, -0.2) is 0 Å². The highest BCUT2D eigenvalue weighted by Crippen LogP contribution is 2.33. The van der Waals surface area contributed by atoms with Gasteiger partial charge in [0.2, 0.25) is 0 Å². The summed E-state index contributed by atoms with van der Waals surface area (Å²) in [5, 5.41) is 3.83. The van der Waals surface area contributed by atoms with Crippen molar-refractivity contribution >= 4 is 0 Å². The average Bonchev–Trinajstić information content (AvgIpc) is 2.91. The van der Waals surface area contributed by atoms with Gasteiger partial charge in [0.25, 0.3) is 0 Å². The van der Waals surface area contributed by atoms with E-state index in [-0.39, 0.29) is 5.60 Å². The van der Waals surface area contributed by atoms with Gasteiger partial charge < -0.3 is 19.7 Å². The van der Waals surface area contributed by atoms with Gasteiger partial charge in [-0.05, 0) is 52.2 Å². The Kier molecular flexibility index (Phi) is 6.93. The van der Waals surface area contributed by atoms with E-state index in [4.69, 9.17) is 9.47 Å². The molecule has 2 fully saturated rings. The lowest BCUT2D eigenvalue weighted by Crippen LogP contribution is -2.49. The minimum absolute atomic E-state index is 0.0247. The fraction of sp³-hybridized carbons (Fsp3) is 1.00. The predicted octanol–water partition coefficient (Wildman–Crippen LogP) is 2.42. The van der Waals surface area contributed by atoms with E-state index in [0.717, 1.165) is 39.1 Å². The molecule has 0 amide bonds. The van der Waals surface area contributed by atoms with Crippen molar-refractivity contribution in [3.05, 3.63) is 0 Å². The smallest absolute Gasteiger partial charge is 0.0951 e. The lowest BCUT2D eigenvalue weighted by molar-refractivity contribution is -0.0902. The van der Waals surface area contributed by atoms with E-state index in [1.807, 2.05) is 0 Å². The molecule has 0 saturated carbocycles. The van der Waals surface area contributed by atoms with E-state index in [1.54, 1.807) is 0 Å². The molecule has 0 radical (unpaired) electrons. The highest BCUT2D eigenvalue weighted by molar-refractivity contribution is 4.93. The zero-order valence-electron chi connectivity index (χ0n) is 14.2. The van der Waals surface area contributed by atoms with Crippen LogP contribution in [0.25, 0.3) is 0 Å². The van der Waals surface area contributed by atoms with E-state index in [0.29, 0.717) is 12.1 Å². The molecule has 2 aliphatic heterocycles. The van der Waals surface area contributed by atoms with Crippen molar-refractivity contribution in [1.82, 2.24) is 10.2 Å². The molecule has 0 bridgehead atoms. The second-order valence-corrected chi connectivity index (χ2v) is 6.76. The van der Waals surface area contributed by atoms with Crippen molar-refractivity contribution in [2.24, 2.45) is 0 Å². The van der Waals surface area contributed by atoms with Crippen molar-refractivity contribution in [1.29, 1.82) is 0 Å². The first-order valence-electron chi connectivity index (χ1n) is 8.87. The molecule has 1 N–H and O–H groups in total. The van der Waals surface area contributed by atoms with Gasteiger partial charge in [0.05, 0.1) is 12.2 Å². The number of ether oxygens (including phenoxy) is 2. The molecule has 3 atom stereocenters. The van der Waals surface area contributed by atoms with E-state index in [1.165, 1.54) is 32.5 Å². The van der Waals surface area contributed by atoms with Crippen LogP contribution < -0.4 is 5.32 Å². The summed E-state index contributed by atoms with van der Waals surface area (Å²) in [5.74, 6) is 0. The summed E-state index contributed by atoms with van der Waals surface area (Å²) in [6.07, 6.45) is 5.88. The summed E-state index contributed by atoms with van der Waals surface area (Å²) >= 11 is 0. The molecular weight excluding hydrogens is 264 g/mol. The molecular formula is C17H34N2O2. The molecule has 2 heterocycles. The summed E-state index contributed by atoms with van der Waals surface area (Å²) < 4.78 is 11.6. The third kappa shape index (κ3) is 5.20. The van der Waals surface area contributed by atoms with Crippen LogP contribution in [0.2, 0.25) is 0 Å². The molecule has 2 rings (SSSR count). The molecule has 3 unspecified atom stereocenters. The maximum absolute atomic E-state index is 6.01. The van der Waals surface area contributed by atoms with E-state index in [9.17, 15) is 0 Å². The predicted molar refractivity (Wildman–Crippen MR) is 86.8 cm³/mol. The second-order valence-electron chi connectivity index (χ2n) is 6.76. The fourth-order valence-electron chi connectivity index (χ4n) is 3.68. The number of hydrogen-bond acceptors (Lipinski definition) is 4. The Morgan fingerprint density at radius 2 is 2.10 bits per heavy atom. The third-order valence-corrected chi connectivity index (χ3v) is 5.09. The molecule has 124 valence electrons. The molecule has 0 aromatic carbocycles. The molecule has 21 heavy (non-hydrogen) atoms. The number of nitrogens with one attached hydrogen (secondary N) is 1. The summed E-state index contributed by atoms with van der Waals surface area (Å²) in [6, 6.07) is 1.20. The lowest BCUT2D eigenvalue weighted by atomic mass is 9.89. The molecule has 0 aromatic heterocycles. The van der Waals surface area contributed by atoms with Gasteiger partial charge in [-0.15, -0.1) is 0 Å². The zero-order chi connectivity index (χ0) is 15.1. The Bertz CT molecular complexity index is 289. The maximum Gasteiger partial charge on any atom is 0.0951 e. The van der Waals surface area contributed by atoms with Gasteiger partial charge in [0.1, 0.15) is 0 Å². The van der Waals surface area contributed by atoms with Gasteiger partial charge in [-0.3, -0.25) is 0 Å². The number of rotatable bonds is 8. The van der Waals surface area contributed by atoms with Crippen molar-refractivity contribution in [3.8, 4) is 0 Å². The van der Waals surface area contributed by atoms with Gasteiger partial charge in [0, 0.05) is 31.7 Å². The topological polar surface area (TPSA) is 33.7 Å². The molecule has 4 nitrogen and oxygen atoms in total. The van der Waals surface area contributed by atoms with Crippen LogP contribution in [-0.2, 0) is 9.47 Å². The van der Waals surface area contributed by atoms with Crippen LogP contribution in [0.4, 0.5) is 0 Å². The largest absolute Gasteiger partial charge is 0.378 e. The summed E-state index contributed by atoms with van der Waals surface area (Å²) in [7, 11) is 0. The Labute approximate surface area is 130 Å². The molecule has 0 aliphatic carbocycles. The highest BCUT2D eigenvalue weighted by Gasteiger charge is 2.41.